The van der Waals surface area contributed by atoms with Crippen molar-refractivity contribution in [1.29, 1.82) is 0 Å². The number of benzene rings is 10. The molecule has 0 bridgehead atoms. The first-order valence-electron chi connectivity index (χ1n) is 21.9. The quantitative estimate of drug-likeness (QED) is 0.156. The lowest BCUT2D eigenvalue weighted by atomic mass is 9.81. The molecule has 0 saturated heterocycles. The highest BCUT2D eigenvalue weighted by atomic mass is 15.1. The Balaban J connectivity index is 0.979. The van der Waals surface area contributed by atoms with Gasteiger partial charge >= 0.3 is 0 Å². The van der Waals surface area contributed by atoms with Gasteiger partial charge < -0.3 is 9.47 Å². The van der Waals surface area contributed by atoms with Gasteiger partial charge in [0, 0.05) is 38.6 Å². The highest BCUT2D eigenvalue weighted by molar-refractivity contribution is 6.12. The van der Waals surface area contributed by atoms with Crippen molar-refractivity contribution in [2.45, 2.75) is 19.3 Å². The van der Waals surface area contributed by atoms with E-state index in [1.54, 1.807) is 0 Å². The van der Waals surface area contributed by atoms with Crippen molar-refractivity contribution in [3.63, 3.8) is 0 Å². The number of para-hydroxylation sites is 2. The molecule has 1 aliphatic carbocycles. The Bertz CT molecular complexity index is 3500. The summed E-state index contributed by atoms with van der Waals surface area (Å²) in [5.41, 5.74) is 19.6. The van der Waals surface area contributed by atoms with Crippen LogP contribution in [0.5, 0.6) is 0 Å². The van der Waals surface area contributed by atoms with Crippen molar-refractivity contribution < 1.29 is 0 Å². The van der Waals surface area contributed by atoms with Crippen LogP contribution in [0.2, 0.25) is 0 Å². The molecule has 0 unspecified atom stereocenters. The molecule has 63 heavy (non-hydrogen) atoms. The second kappa shape index (κ2) is 14.6. The number of hydrogen-bond donors (Lipinski definition) is 0. The van der Waals surface area contributed by atoms with Gasteiger partial charge in [0.1, 0.15) is 0 Å². The van der Waals surface area contributed by atoms with Crippen LogP contribution in [0.25, 0.3) is 82.8 Å². The van der Waals surface area contributed by atoms with Crippen molar-refractivity contribution in [1.82, 2.24) is 4.57 Å². The molecule has 0 saturated carbocycles. The van der Waals surface area contributed by atoms with Gasteiger partial charge in [0.25, 0.3) is 0 Å². The van der Waals surface area contributed by atoms with E-state index in [-0.39, 0.29) is 5.41 Å². The molecule has 0 amide bonds. The van der Waals surface area contributed by atoms with Gasteiger partial charge in [-0.25, -0.2) is 0 Å². The summed E-state index contributed by atoms with van der Waals surface area (Å²) in [5.74, 6) is 0. The van der Waals surface area contributed by atoms with Crippen LogP contribution in [-0.2, 0) is 5.41 Å². The predicted octanol–water partition coefficient (Wildman–Crippen LogP) is 16.7. The van der Waals surface area contributed by atoms with E-state index in [9.17, 15) is 0 Å². The molecule has 0 aliphatic heterocycles. The van der Waals surface area contributed by atoms with Gasteiger partial charge in [0.05, 0.1) is 16.7 Å². The lowest BCUT2D eigenvalue weighted by Crippen LogP contribution is -2.14. The molecule has 1 heterocycles. The Hall–Kier alpha value is -7.94. The van der Waals surface area contributed by atoms with Gasteiger partial charge in [0.2, 0.25) is 0 Å². The van der Waals surface area contributed by atoms with Crippen molar-refractivity contribution in [2.75, 3.05) is 4.90 Å². The summed E-state index contributed by atoms with van der Waals surface area (Å²) < 4.78 is 2.38. The third-order valence-electron chi connectivity index (χ3n) is 13.4. The molecule has 2 heteroatoms. The van der Waals surface area contributed by atoms with Gasteiger partial charge in [-0.1, -0.05) is 178 Å². The summed E-state index contributed by atoms with van der Waals surface area (Å²) in [6.45, 7) is 4.70. The first-order chi connectivity index (χ1) is 31.0. The molecule has 2 nitrogen and oxygen atoms in total. The first kappa shape index (κ1) is 36.9. The molecule has 0 atom stereocenters. The zero-order valence-electron chi connectivity index (χ0n) is 35.3. The number of hydrogen-bond acceptors (Lipinski definition) is 1. The van der Waals surface area contributed by atoms with E-state index >= 15 is 0 Å². The molecule has 1 aromatic heterocycles. The fourth-order valence-corrected chi connectivity index (χ4v) is 10.3. The lowest BCUT2D eigenvalue weighted by Gasteiger charge is -2.28. The maximum absolute atomic E-state index is 2.42. The average Bonchev–Trinajstić information content (AvgIpc) is 3.80. The zero-order chi connectivity index (χ0) is 42.1. The number of rotatable bonds is 7. The van der Waals surface area contributed by atoms with Crippen LogP contribution in [0.3, 0.4) is 0 Å². The van der Waals surface area contributed by atoms with Crippen molar-refractivity contribution in [2.24, 2.45) is 0 Å². The van der Waals surface area contributed by atoms with Gasteiger partial charge in [-0.05, 0) is 128 Å². The summed E-state index contributed by atoms with van der Waals surface area (Å²) in [6, 6.07) is 84.6. The third-order valence-corrected chi connectivity index (χ3v) is 13.4. The molecule has 1 aliphatic rings. The van der Waals surface area contributed by atoms with Crippen molar-refractivity contribution >= 4 is 49.6 Å². The summed E-state index contributed by atoms with van der Waals surface area (Å²) >= 11 is 0. The maximum atomic E-state index is 2.42. The summed E-state index contributed by atoms with van der Waals surface area (Å²) in [5, 5.41) is 4.90. The van der Waals surface area contributed by atoms with Gasteiger partial charge in [-0.15, -0.1) is 0 Å². The minimum Gasteiger partial charge on any atom is -0.310 e. The number of anilines is 3. The topological polar surface area (TPSA) is 8.17 Å². The Morgan fingerprint density at radius 1 is 0.333 bits per heavy atom. The van der Waals surface area contributed by atoms with Gasteiger partial charge in [-0.3, -0.25) is 0 Å². The van der Waals surface area contributed by atoms with E-state index in [4.69, 9.17) is 0 Å². The Kier molecular flexibility index (Phi) is 8.55. The van der Waals surface area contributed by atoms with Crippen LogP contribution in [0, 0.1) is 0 Å². The molecule has 0 spiro atoms. The van der Waals surface area contributed by atoms with Crippen LogP contribution in [0.15, 0.2) is 231 Å². The first-order valence-corrected chi connectivity index (χ1v) is 21.9. The Labute approximate surface area is 368 Å². The van der Waals surface area contributed by atoms with Crippen molar-refractivity contribution in [3.05, 3.63) is 242 Å². The number of fused-ring (bicyclic) bond motifs is 7. The number of aromatic nitrogens is 1. The van der Waals surface area contributed by atoms with Crippen molar-refractivity contribution in [3.8, 4) is 50.2 Å². The standard InChI is InChI=1S/C61H44N2/c1-61(2)56-23-13-11-20-51(56)52-35-29-44(40-57(52)61)43-27-33-48(34-28-43)62(47-31-25-42(26-32-47)41-15-5-3-6-16-41)59-38-36-49(50-19-9-10-21-53(50)59)45-30-37-60-55(39-45)54-22-12-14-24-58(54)63(60)46-17-7-4-8-18-46/h3-40H,1-2H3. The largest absolute Gasteiger partial charge is 0.310 e. The highest BCUT2D eigenvalue weighted by Gasteiger charge is 2.35. The van der Waals surface area contributed by atoms with Crippen LogP contribution >= 0.6 is 0 Å². The normalized spacial score (nSPS) is 12.7. The predicted molar refractivity (Wildman–Crippen MR) is 267 cm³/mol. The maximum Gasteiger partial charge on any atom is 0.0541 e. The molecule has 11 aromatic rings. The molecular weight excluding hydrogens is 761 g/mol. The van der Waals surface area contributed by atoms with E-state index in [1.807, 2.05) is 0 Å². The van der Waals surface area contributed by atoms with Crippen LogP contribution < -0.4 is 4.90 Å². The second-order valence-corrected chi connectivity index (χ2v) is 17.3. The van der Waals surface area contributed by atoms with E-state index in [0.29, 0.717) is 0 Å². The lowest BCUT2D eigenvalue weighted by molar-refractivity contribution is 0.660. The third kappa shape index (κ3) is 6.02. The van der Waals surface area contributed by atoms with E-state index in [2.05, 4.69) is 254 Å². The molecule has 10 aromatic carbocycles. The molecular formula is C61H44N2. The fourth-order valence-electron chi connectivity index (χ4n) is 10.3. The van der Waals surface area contributed by atoms with E-state index < -0.39 is 0 Å². The molecule has 12 rings (SSSR count). The van der Waals surface area contributed by atoms with E-state index in [1.165, 1.54) is 93.9 Å². The van der Waals surface area contributed by atoms with Crippen LogP contribution in [0.4, 0.5) is 17.1 Å². The zero-order valence-corrected chi connectivity index (χ0v) is 35.3. The summed E-state index contributed by atoms with van der Waals surface area (Å²) in [6.07, 6.45) is 0. The monoisotopic (exact) mass is 804 g/mol. The molecule has 0 radical (unpaired) electrons. The average molecular weight is 805 g/mol. The van der Waals surface area contributed by atoms with Gasteiger partial charge in [0.15, 0.2) is 0 Å². The van der Waals surface area contributed by atoms with Gasteiger partial charge in [-0.2, -0.15) is 0 Å². The van der Waals surface area contributed by atoms with E-state index in [0.717, 1.165) is 17.1 Å². The second-order valence-electron chi connectivity index (χ2n) is 17.3. The molecule has 298 valence electrons. The molecule has 0 N–H and O–H groups in total. The highest BCUT2D eigenvalue weighted by Crippen LogP contribution is 2.50. The minimum absolute atomic E-state index is 0.0510. The smallest absolute Gasteiger partial charge is 0.0541 e. The van der Waals surface area contributed by atoms with Crippen LogP contribution in [-0.4, -0.2) is 4.57 Å². The minimum atomic E-state index is -0.0510. The van der Waals surface area contributed by atoms with Crippen LogP contribution in [0.1, 0.15) is 25.0 Å². The number of nitrogens with zero attached hydrogens (tertiary/aromatic N) is 2. The SMILES string of the molecule is CC1(C)c2ccccc2-c2ccc(-c3ccc(N(c4ccc(-c5ccccc5)cc4)c4ccc(-c5ccc6c(c5)c5ccccc5n6-c5ccccc5)c5ccccc45)cc3)cc21. The summed E-state index contributed by atoms with van der Waals surface area (Å²) in [4.78, 5) is 2.42. The summed E-state index contributed by atoms with van der Waals surface area (Å²) in [7, 11) is 0. The molecule has 0 fully saturated rings. The Morgan fingerprint density at radius 3 is 1.60 bits per heavy atom. The fraction of sp³-hybridized carbons (Fsp3) is 0.0492. The Morgan fingerprint density at radius 2 is 0.857 bits per heavy atom.